The molecule has 3 N–H and O–H groups in total. The van der Waals surface area contributed by atoms with Crippen LogP contribution in [0.1, 0.15) is 52.8 Å². The number of benzene rings is 1. The minimum absolute atomic E-state index is 0.0898. The smallest absolute Gasteiger partial charge is 0.262 e. The van der Waals surface area contributed by atoms with Crippen molar-refractivity contribution in [2.24, 2.45) is 11.7 Å². The van der Waals surface area contributed by atoms with Crippen LogP contribution in [0.2, 0.25) is 0 Å². The Kier molecular flexibility index (Phi) is 4.94. The summed E-state index contributed by atoms with van der Waals surface area (Å²) in [7, 11) is 0. The SMILES string of the molecule is NCC(NC(=O)CN1C(=O)c2ccccc2C1=O)C1CCCCC1. The fraction of sp³-hybridized carbons (Fsp3) is 0.500. The van der Waals surface area contributed by atoms with Crippen molar-refractivity contribution < 1.29 is 14.4 Å². The van der Waals surface area contributed by atoms with Crippen LogP contribution in [-0.4, -0.2) is 41.8 Å². The third-order valence-corrected chi connectivity index (χ3v) is 5.00. The molecule has 0 bridgehead atoms. The summed E-state index contributed by atoms with van der Waals surface area (Å²) < 4.78 is 0. The normalized spacial score (nSPS) is 19.3. The number of rotatable bonds is 5. The van der Waals surface area contributed by atoms with E-state index in [-0.39, 0.29) is 18.5 Å². The molecule has 1 aromatic carbocycles. The number of carbonyl (C=O) groups is 3. The zero-order chi connectivity index (χ0) is 17.1. The molecular formula is C18H23N3O3. The summed E-state index contributed by atoms with van der Waals surface area (Å²) in [5.41, 5.74) is 6.54. The zero-order valence-corrected chi connectivity index (χ0v) is 13.7. The molecule has 2 aliphatic rings. The van der Waals surface area contributed by atoms with Gasteiger partial charge in [0.05, 0.1) is 11.1 Å². The van der Waals surface area contributed by atoms with E-state index in [2.05, 4.69) is 5.32 Å². The Morgan fingerprint density at radius 2 is 1.71 bits per heavy atom. The van der Waals surface area contributed by atoms with Crippen molar-refractivity contribution in [2.75, 3.05) is 13.1 Å². The molecule has 1 unspecified atom stereocenters. The lowest BCUT2D eigenvalue weighted by atomic mass is 9.84. The maximum Gasteiger partial charge on any atom is 0.262 e. The van der Waals surface area contributed by atoms with Gasteiger partial charge in [0.1, 0.15) is 6.54 Å². The Bertz CT molecular complexity index is 618. The first-order valence-electron chi connectivity index (χ1n) is 8.56. The lowest BCUT2D eigenvalue weighted by Crippen LogP contribution is -2.49. The molecule has 1 aliphatic heterocycles. The van der Waals surface area contributed by atoms with Crippen LogP contribution in [-0.2, 0) is 4.79 Å². The molecule has 3 amide bonds. The molecule has 0 spiro atoms. The second-order valence-electron chi connectivity index (χ2n) is 6.55. The summed E-state index contributed by atoms with van der Waals surface area (Å²) in [6.45, 7) is 0.119. The van der Waals surface area contributed by atoms with Crippen LogP contribution in [0.15, 0.2) is 24.3 Å². The highest BCUT2D eigenvalue weighted by molar-refractivity contribution is 6.22. The van der Waals surface area contributed by atoms with Crippen molar-refractivity contribution in [3.63, 3.8) is 0 Å². The number of nitrogens with zero attached hydrogens (tertiary/aromatic N) is 1. The van der Waals surface area contributed by atoms with Crippen LogP contribution in [0.5, 0.6) is 0 Å². The van der Waals surface area contributed by atoms with Crippen molar-refractivity contribution in [1.29, 1.82) is 0 Å². The first-order chi connectivity index (χ1) is 11.6. The molecular weight excluding hydrogens is 306 g/mol. The van der Waals surface area contributed by atoms with Crippen molar-refractivity contribution in [3.05, 3.63) is 35.4 Å². The van der Waals surface area contributed by atoms with Gasteiger partial charge >= 0.3 is 0 Å². The van der Waals surface area contributed by atoms with Gasteiger partial charge in [0.25, 0.3) is 11.8 Å². The van der Waals surface area contributed by atoms with Gasteiger partial charge in [-0.3, -0.25) is 19.3 Å². The largest absolute Gasteiger partial charge is 0.350 e. The van der Waals surface area contributed by atoms with Gasteiger partial charge in [0.2, 0.25) is 5.91 Å². The van der Waals surface area contributed by atoms with E-state index < -0.39 is 11.8 Å². The van der Waals surface area contributed by atoms with Crippen LogP contribution >= 0.6 is 0 Å². The summed E-state index contributed by atoms with van der Waals surface area (Å²) in [6.07, 6.45) is 5.69. The maximum atomic E-state index is 12.3. The molecule has 0 aromatic heterocycles. The summed E-state index contributed by atoms with van der Waals surface area (Å²) in [6, 6.07) is 6.55. The van der Waals surface area contributed by atoms with Crippen LogP contribution in [0, 0.1) is 5.92 Å². The molecule has 1 heterocycles. The molecule has 1 atom stereocenters. The number of hydrogen-bond donors (Lipinski definition) is 2. The standard InChI is InChI=1S/C18H23N3O3/c19-10-15(12-6-2-1-3-7-12)20-16(22)11-21-17(23)13-8-4-5-9-14(13)18(21)24/h4-5,8-9,12,15H,1-3,6-7,10-11,19H2,(H,20,22). The number of imide groups is 1. The first-order valence-corrected chi connectivity index (χ1v) is 8.56. The molecule has 0 radical (unpaired) electrons. The van der Waals surface area contributed by atoms with Crippen molar-refractivity contribution in [1.82, 2.24) is 10.2 Å². The molecule has 0 saturated heterocycles. The highest BCUT2D eigenvalue weighted by Crippen LogP contribution is 2.26. The first kappa shape index (κ1) is 16.6. The van der Waals surface area contributed by atoms with Gasteiger partial charge in [-0.25, -0.2) is 0 Å². The van der Waals surface area contributed by atoms with Crippen LogP contribution in [0.4, 0.5) is 0 Å². The van der Waals surface area contributed by atoms with Crippen molar-refractivity contribution in [2.45, 2.75) is 38.1 Å². The molecule has 1 saturated carbocycles. The van der Waals surface area contributed by atoms with E-state index in [1.165, 1.54) is 6.42 Å². The molecule has 6 heteroatoms. The number of nitrogens with two attached hydrogens (primary N) is 1. The van der Waals surface area contributed by atoms with Gasteiger partial charge in [0, 0.05) is 12.6 Å². The summed E-state index contributed by atoms with van der Waals surface area (Å²) in [4.78, 5) is 37.9. The molecule has 1 aromatic rings. The average molecular weight is 329 g/mol. The maximum absolute atomic E-state index is 12.3. The van der Waals surface area contributed by atoms with Gasteiger partial charge in [-0.1, -0.05) is 31.4 Å². The van der Waals surface area contributed by atoms with E-state index in [4.69, 9.17) is 5.73 Å². The van der Waals surface area contributed by atoms with E-state index in [1.807, 2.05) is 0 Å². The Hall–Kier alpha value is -2.21. The van der Waals surface area contributed by atoms with E-state index in [0.29, 0.717) is 23.6 Å². The van der Waals surface area contributed by atoms with E-state index in [1.54, 1.807) is 24.3 Å². The zero-order valence-electron chi connectivity index (χ0n) is 13.7. The van der Waals surface area contributed by atoms with E-state index in [9.17, 15) is 14.4 Å². The molecule has 1 aliphatic carbocycles. The van der Waals surface area contributed by atoms with Crippen LogP contribution in [0.3, 0.4) is 0 Å². The number of nitrogens with one attached hydrogen (secondary N) is 1. The molecule has 6 nitrogen and oxygen atoms in total. The lowest BCUT2D eigenvalue weighted by Gasteiger charge is -2.30. The fourth-order valence-electron chi connectivity index (χ4n) is 3.68. The summed E-state index contributed by atoms with van der Waals surface area (Å²) in [5, 5.41) is 2.92. The second kappa shape index (κ2) is 7.13. The topological polar surface area (TPSA) is 92.5 Å². The van der Waals surface area contributed by atoms with E-state index >= 15 is 0 Å². The molecule has 1 fully saturated rings. The van der Waals surface area contributed by atoms with Gasteiger partial charge in [-0.2, -0.15) is 0 Å². The van der Waals surface area contributed by atoms with Crippen LogP contribution < -0.4 is 11.1 Å². The Morgan fingerprint density at radius 3 is 2.25 bits per heavy atom. The van der Waals surface area contributed by atoms with E-state index in [0.717, 1.165) is 30.6 Å². The number of carbonyl (C=O) groups excluding carboxylic acids is 3. The Labute approximate surface area is 141 Å². The average Bonchev–Trinajstić information content (AvgIpc) is 2.86. The quantitative estimate of drug-likeness (QED) is 0.797. The molecule has 128 valence electrons. The number of hydrogen-bond acceptors (Lipinski definition) is 4. The second-order valence-corrected chi connectivity index (χ2v) is 6.55. The predicted octanol–water partition coefficient (Wildman–Crippen LogP) is 1.31. The highest BCUT2D eigenvalue weighted by atomic mass is 16.2. The van der Waals surface area contributed by atoms with Gasteiger partial charge < -0.3 is 11.1 Å². The van der Waals surface area contributed by atoms with Gasteiger partial charge in [-0.15, -0.1) is 0 Å². The summed E-state index contributed by atoms with van der Waals surface area (Å²) in [5.74, 6) is -0.763. The van der Waals surface area contributed by atoms with Crippen molar-refractivity contribution >= 4 is 17.7 Å². The predicted molar refractivity (Wildman–Crippen MR) is 89.4 cm³/mol. The Balaban J connectivity index is 1.63. The van der Waals surface area contributed by atoms with Gasteiger partial charge in [0.15, 0.2) is 0 Å². The minimum Gasteiger partial charge on any atom is -0.350 e. The molecule has 3 rings (SSSR count). The highest BCUT2D eigenvalue weighted by Gasteiger charge is 2.36. The van der Waals surface area contributed by atoms with Gasteiger partial charge in [-0.05, 0) is 30.9 Å². The minimum atomic E-state index is -0.410. The third-order valence-electron chi connectivity index (χ3n) is 5.00. The van der Waals surface area contributed by atoms with Crippen molar-refractivity contribution in [3.8, 4) is 0 Å². The molecule has 24 heavy (non-hydrogen) atoms. The number of fused-ring (bicyclic) bond motifs is 1. The fourth-order valence-corrected chi connectivity index (χ4v) is 3.68. The third kappa shape index (κ3) is 3.19. The Morgan fingerprint density at radius 1 is 1.12 bits per heavy atom. The number of amides is 3. The monoisotopic (exact) mass is 329 g/mol. The summed E-state index contributed by atoms with van der Waals surface area (Å²) >= 11 is 0. The van der Waals surface area contributed by atoms with Crippen LogP contribution in [0.25, 0.3) is 0 Å². The lowest BCUT2D eigenvalue weighted by molar-refractivity contribution is -0.122.